The van der Waals surface area contributed by atoms with Crippen molar-refractivity contribution >= 4 is 23.2 Å². The Hall–Kier alpha value is -0.240. The second-order valence-electron chi connectivity index (χ2n) is 5.37. The molecule has 1 nitrogen and oxygen atoms in total. The van der Waals surface area contributed by atoms with E-state index in [1.54, 1.807) is 0 Å². The van der Waals surface area contributed by atoms with Gasteiger partial charge in [0.25, 0.3) is 0 Å². The summed E-state index contributed by atoms with van der Waals surface area (Å²) in [6.45, 7) is 7.47. The van der Waals surface area contributed by atoms with E-state index < -0.39 is 0 Å². The summed E-state index contributed by atoms with van der Waals surface area (Å²) in [5.74, 6) is 0.678. The Morgan fingerprint density at radius 2 is 1.88 bits per heavy atom. The Morgan fingerprint density at radius 3 is 2.41 bits per heavy atom. The normalized spacial score (nSPS) is 13.7. The standard InChI is InChI=1S/C14H21Cl2N/c1-14(2,3)13(8-9-15)17-10-11-6-4-5-7-12(11)16/h4-7,13,17H,8-10H2,1-3H3. The van der Waals surface area contributed by atoms with Crippen molar-refractivity contribution in [3.05, 3.63) is 34.9 Å². The zero-order valence-corrected chi connectivity index (χ0v) is 12.3. The van der Waals surface area contributed by atoms with Gasteiger partial charge in [-0.1, -0.05) is 50.6 Å². The van der Waals surface area contributed by atoms with Crippen LogP contribution in [0.15, 0.2) is 24.3 Å². The van der Waals surface area contributed by atoms with Crippen LogP contribution in [0.1, 0.15) is 32.8 Å². The average molecular weight is 274 g/mol. The molecule has 1 rings (SSSR count). The summed E-state index contributed by atoms with van der Waals surface area (Å²) < 4.78 is 0. The van der Waals surface area contributed by atoms with Gasteiger partial charge in [0.05, 0.1) is 0 Å². The van der Waals surface area contributed by atoms with E-state index in [-0.39, 0.29) is 5.41 Å². The fourth-order valence-corrected chi connectivity index (χ4v) is 2.25. The van der Waals surface area contributed by atoms with E-state index in [4.69, 9.17) is 23.2 Å². The van der Waals surface area contributed by atoms with Gasteiger partial charge in [-0.2, -0.15) is 0 Å². The van der Waals surface area contributed by atoms with E-state index >= 15 is 0 Å². The zero-order chi connectivity index (χ0) is 12.9. The second kappa shape index (κ2) is 6.63. The monoisotopic (exact) mass is 273 g/mol. The van der Waals surface area contributed by atoms with Crippen molar-refractivity contribution in [2.24, 2.45) is 5.41 Å². The van der Waals surface area contributed by atoms with Gasteiger partial charge < -0.3 is 5.32 Å². The summed E-state index contributed by atoms with van der Waals surface area (Å²) in [6, 6.07) is 8.33. The lowest BCUT2D eigenvalue weighted by Crippen LogP contribution is -2.40. The second-order valence-corrected chi connectivity index (χ2v) is 6.15. The molecule has 17 heavy (non-hydrogen) atoms. The summed E-state index contributed by atoms with van der Waals surface area (Å²) in [5.41, 5.74) is 1.34. The molecular weight excluding hydrogens is 253 g/mol. The molecule has 3 heteroatoms. The van der Waals surface area contributed by atoms with Gasteiger partial charge in [-0.05, 0) is 23.5 Å². The molecule has 0 heterocycles. The van der Waals surface area contributed by atoms with E-state index in [1.807, 2.05) is 18.2 Å². The highest BCUT2D eigenvalue weighted by molar-refractivity contribution is 6.31. The molecule has 1 N–H and O–H groups in total. The molecular formula is C14H21Cl2N. The van der Waals surface area contributed by atoms with Gasteiger partial charge in [0.15, 0.2) is 0 Å². The smallest absolute Gasteiger partial charge is 0.0450 e. The largest absolute Gasteiger partial charge is 0.309 e. The summed E-state index contributed by atoms with van der Waals surface area (Å²) in [4.78, 5) is 0. The fourth-order valence-electron chi connectivity index (χ4n) is 1.83. The molecule has 1 unspecified atom stereocenters. The van der Waals surface area contributed by atoms with Crippen molar-refractivity contribution in [3.8, 4) is 0 Å². The highest BCUT2D eigenvalue weighted by atomic mass is 35.5. The van der Waals surface area contributed by atoms with Gasteiger partial charge in [0.2, 0.25) is 0 Å². The van der Waals surface area contributed by atoms with Crippen LogP contribution in [0.4, 0.5) is 0 Å². The Balaban J connectivity index is 2.61. The van der Waals surface area contributed by atoms with Crippen LogP contribution in [-0.4, -0.2) is 11.9 Å². The van der Waals surface area contributed by atoms with Gasteiger partial charge in [-0.25, -0.2) is 0 Å². The molecule has 0 aliphatic carbocycles. The molecule has 0 aromatic heterocycles. The first-order chi connectivity index (χ1) is 7.95. The van der Waals surface area contributed by atoms with Crippen LogP contribution in [0.25, 0.3) is 0 Å². The van der Waals surface area contributed by atoms with Crippen LogP contribution in [0.2, 0.25) is 5.02 Å². The third-order valence-corrected chi connectivity index (χ3v) is 3.53. The van der Waals surface area contributed by atoms with Crippen LogP contribution < -0.4 is 5.32 Å². The Morgan fingerprint density at radius 1 is 1.24 bits per heavy atom. The SMILES string of the molecule is CC(C)(C)C(CCCl)NCc1ccccc1Cl. The lowest BCUT2D eigenvalue weighted by molar-refractivity contribution is 0.260. The van der Waals surface area contributed by atoms with Crippen LogP contribution >= 0.6 is 23.2 Å². The van der Waals surface area contributed by atoms with Gasteiger partial charge in [-0.3, -0.25) is 0 Å². The highest BCUT2D eigenvalue weighted by Gasteiger charge is 2.23. The molecule has 0 aliphatic heterocycles. The molecule has 0 bridgehead atoms. The first-order valence-electron chi connectivity index (χ1n) is 5.98. The van der Waals surface area contributed by atoms with Gasteiger partial charge in [-0.15, -0.1) is 11.6 Å². The number of benzene rings is 1. The molecule has 0 saturated carbocycles. The molecule has 1 aromatic carbocycles. The summed E-state index contributed by atoms with van der Waals surface area (Å²) in [5, 5.41) is 4.37. The number of rotatable bonds is 5. The van der Waals surface area contributed by atoms with E-state index in [9.17, 15) is 0 Å². The third-order valence-electron chi connectivity index (χ3n) is 2.94. The first kappa shape index (κ1) is 14.8. The predicted octanol–water partition coefficient (Wildman–Crippen LogP) is 4.47. The molecule has 96 valence electrons. The van der Waals surface area contributed by atoms with Crippen molar-refractivity contribution in [2.45, 2.75) is 39.8 Å². The van der Waals surface area contributed by atoms with Crippen LogP contribution in [-0.2, 0) is 6.54 Å². The molecule has 0 saturated heterocycles. The summed E-state index contributed by atoms with van der Waals surface area (Å²) in [6.07, 6.45) is 0.968. The number of hydrogen-bond donors (Lipinski definition) is 1. The maximum absolute atomic E-state index is 6.13. The summed E-state index contributed by atoms with van der Waals surface area (Å²) >= 11 is 12.0. The van der Waals surface area contributed by atoms with Crippen molar-refractivity contribution in [3.63, 3.8) is 0 Å². The minimum Gasteiger partial charge on any atom is -0.309 e. The zero-order valence-electron chi connectivity index (χ0n) is 10.8. The minimum absolute atomic E-state index is 0.205. The van der Waals surface area contributed by atoms with Crippen molar-refractivity contribution in [2.75, 3.05) is 5.88 Å². The molecule has 0 radical (unpaired) electrons. The maximum atomic E-state index is 6.13. The first-order valence-corrected chi connectivity index (χ1v) is 6.89. The molecule has 0 amide bonds. The van der Waals surface area contributed by atoms with Crippen molar-refractivity contribution in [1.29, 1.82) is 0 Å². The van der Waals surface area contributed by atoms with Gasteiger partial charge >= 0.3 is 0 Å². The lowest BCUT2D eigenvalue weighted by atomic mass is 9.85. The van der Waals surface area contributed by atoms with Crippen LogP contribution in [0, 0.1) is 5.41 Å². The van der Waals surface area contributed by atoms with Crippen LogP contribution in [0.5, 0.6) is 0 Å². The third kappa shape index (κ3) is 4.87. The number of hydrogen-bond acceptors (Lipinski definition) is 1. The number of alkyl halides is 1. The molecule has 0 spiro atoms. The Kier molecular flexibility index (Phi) is 5.78. The number of nitrogens with one attached hydrogen (secondary N) is 1. The quantitative estimate of drug-likeness (QED) is 0.781. The van der Waals surface area contributed by atoms with E-state index in [1.165, 1.54) is 0 Å². The topological polar surface area (TPSA) is 12.0 Å². The molecule has 1 atom stereocenters. The molecule has 1 aromatic rings. The van der Waals surface area contributed by atoms with Gasteiger partial charge in [0.1, 0.15) is 0 Å². The van der Waals surface area contributed by atoms with Crippen molar-refractivity contribution < 1.29 is 0 Å². The maximum Gasteiger partial charge on any atom is 0.0450 e. The predicted molar refractivity (Wildman–Crippen MR) is 76.9 cm³/mol. The van der Waals surface area contributed by atoms with Crippen molar-refractivity contribution in [1.82, 2.24) is 5.32 Å². The van der Waals surface area contributed by atoms with Gasteiger partial charge in [0, 0.05) is 23.5 Å². The fraction of sp³-hybridized carbons (Fsp3) is 0.571. The summed E-state index contributed by atoms with van der Waals surface area (Å²) in [7, 11) is 0. The van der Waals surface area contributed by atoms with E-state index in [2.05, 4.69) is 32.2 Å². The van der Waals surface area contributed by atoms with E-state index in [0.717, 1.165) is 23.6 Å². The number of halogens is 2. The lowest BCUT2D eigenvalue weighted by Gasteiger charge is -2.31. The Bertz CT molecular complexity index is 344. The highest BCUT2D eigenvalue weighted by Crippen LogP contribution is 2.23. The Labute approximate surface area is 115 Å². The average Bonchev–Trinajstić information content (AvgIpc) is 2.24. The van der Waals surface area contributed by atoms with Crippen LogP contribution in [0.3, 0.4) is 0 Å². The van der Waals surface area contributed by atoms with E-state index in [0.29, 0.717) is 11.9 Å². The molecule has 0 fully saturated rings. The molecule has 0 aliphatic rings. The minimum atomic E-state index is 0.205.